The molecule has 2 heterocycles. The summed E-state index contributed by atoms with van der Waals surface area (Å²) in [5.41, 5.74) is 3.58. The highest BCUT2D eigenvalue weighted by Crippen LogP contribution is 2.42. The second kappa shape index (κ2) is 3.06. The first kappa shape index (κ1) is 9.82. The highest BCUT2D eigenvalue weighted by Gasteiger charge is 2.28. The lowest BCUT2D eigenvalue weighted by Gasteiger charge is -2.18. The van der Waals surface area contributed by atoms with E-state index in [4.69, 9.17) is 0 Å². The average Bonchev–Trinajstić information content (AvgIpc) is 2.96. The molecule has 1 N–H and O–H groups in total. The highest BCUT2D eigenvalue weighted by atomic mass is 15.2. The summed E-state index contributed by atoms with van der Waals surface area (Å²) in [6, 6.07) is 2.25. The molecule has 0 aliphatic heterocycles. The van der Waals surface area contributed by atoms with Crippen LogP contribution in [0.1, 0.15) is 50.8 Å². The molecular weight excluding hydrogens is 198 g/mol. The smallest absolute Gasteiger partial charge is 0.181 e. The fourth-order valence-corrected chi connectivity index (χ4v) is 2.01. The van der Waals surface area contributed by atoms with E-state index < -0.39 is 0 Å². The van der Waals surface area contributed by atoms with Gasteiger partial charge in [-0.25, -0.2) is 4.98 Å². The molecule has 0 radical (unpaired) electrons. The molecule has 1 aliphatic carbocycles. The first-order valence-corrected chi connectivity index (χ1v) is 5.90. The van der Waals surface area contributed by atoms with Gasteiger partial charge in [0.15, 0.2) is 5.65 Å². The number of hydrogen-bond acceptors (Lipinski definition) is 2. The van der Waals surface area contributed by atoms with Gasteiger partial charge in [-0.2, -0.15) is 5.10 Å². The zero-order chi connectivity index (χ0) is 11.3. The molecule has 16 heavy (non-hydrogen) atoms. The number of nitrogens with zero attached hydrogens (tertiary/aromatic N) is 2. The van der Waals surface area contributed by atoms with E-state index in [2.05, 4.69) is 42.0 Å². The van der Waals surface area contributed by atoms with Crippen molar-refractivity contribution in [1.29, 1.82) is 0 Å². The van der Waals surface area contributed by atoms with Crippen molar-refractivity contribution in [3.63, 3.8) is 0 Å². The first-order chi connectivity index (χ1) is 7.55. The molecule has 1 fully saturated rings. The van der Waals surface area contributed by atoms with Crippen LogP contribution in [-0.4, -0.2) is 15.2 Å². The van der Waals surface area contributed by atoms with Crippen LogP contribution >= 0.6 is 0 Å². The van der Waals surface area contributed by atoms with Gasteiger partial charge in [-0.1, -0.05) is 20.8 Å². The van der Waals surface area contributed by atoms with Crippen molar-refractivity contribution < 1.29 is 0 Å². The molecule has 84 valence electrons. The molecule has 0 saturated heterocycles. The largest absolute Gasteiger partial charge is 0.279 e. The molecule has 1 saturated carbocycles. The van der Waals surface area contributed by atoms with Crippen LogP contribution in [0, 0.1) is 0 Å². The third-order valence-electron chi connectivity index (χ3n) is 3.29. The van der Waals surface area contributed by atoms with Gasteiger partial charge in [-0.15, -0.1) is 0 Å². The van der Waals surface area contributed by atoms with Gasteiger partial charge in [0.25, 0.3) is 0 Å². The van der Waals surface area contributed by atoms with Crippen molar-refractivity contribution in [1.82, 2.24) is 15.2 Å². The summed E-state index contributed by atoms with van der Waals surface area (Å²) < 4.78 is 0. The lowest BCUT2D eigenvalue weighted by molar-refractivity contribution is 0.588. The summed E-state index contributed by atoms with van der Waals surface area (Å²) in [4.78, 5) is 4.44. The SMILES string of the molecule is CC(C)(C)c1cnc2n[nH]c(C3CC3)c2c1. The van der Waals surface area contributed by atoms with E-state index in [1.807, 2.05) is 6.20 Å². The van der Waals surface area contributed by atoms with Crippen LogP contribution < -0.4 is 0 Å². The number of hydrogen-bond donors (Lipinski definition) is 1. The molecule has 3 heteroatoms. The summed E-state index contributed by atoms with van der Waals surface area (Å²) >= 11 is 0. The molecular formula is C13H17N3. The standard InChI is InChI=1S/C13H17N3/c1-13(2,3)9-6-10-11(8-4-5-8)15-16-12(10)14-7-9/h6-8H,4-5H2,1-3H3,(H,14,15,16). The molecule has 0 amide bonds. The number of nitrogens with one attached hydrogen (secondary N) is 1. The maximum absolute atomic E-state index is 4.44. The monoisotopic (exact) mass is 215 g/mol. The van der Waals surface area contributed by atoms with Crippen molar-refractivity contribution in [2.75, 3.05) is 0 Å². The summed E-state index contributed by atoms with van der Waals surface area (Å²) in [5.74, 6) is 0.696. The molecule has 2 aromatic heterocycles. The lowest BCUT2D eigenvalue weighted by atomic mass is 9.88. The average molecular weight is 215 g/mol. The quantitative estimate of drug-likeness (QED) is 0.794. The van der Waals surface area contributed by atoms with Crippen molar-refractivity contribution in [2.45, 2.75) is 44.9 Å². The van der Waals surface area contributed by atoms with Gasteiger partial charge in [0.2, 0.25) is 0 Å². The second-order valence-corrected chi connectivity index (χ2v) is 5.76. The Kier molecular flexibility index (Phi) is 1.88. The van der Waals surface area contributed by atoms with E-state index in [0.29, 0.717) is 5.92 Å². The van der Waals surface area contributed by atoms with Gasteiger partial charge in [-0.05, 0) is 29.9 Å². The van der Waals surface area contributed by atoms with E-state index in [9.17, 15) is 0 Å². The fourth-order valence-electron chi connectivity index (χ4n) is 2.01. The van der Waals surface area contributed by atoms with E-state index in [0.717, 1.165) is 5.65 Å². The van der Waals surface area contributed by atoms with Gasteiger partial charge < -0.3 is 0 Å². The summed E-state index contributed by atoms with van der Waals surface area (Å²) in [6.45, 7) is 6.65. The number of fused-ring (bicyclic) bond motifs is 1. The van der Waals surface area contributed by atoms with E-state index in [-0.39, 0.29) is 5.41 Å². The zero-order valence-electron chi connectivity index (χ0n) is 10.0. The lowest BCUT2D eigenvalue weighted by Crippen LogP contribution is -2.11. The Morgan fingerprint density at radius 2 is 2.06 bits per heavy atom. The first-order valence-electron chi connectivity index (χ1n) is 5.90. The van der Waals surface area contributed by atoms with Crippen LogP contribution in [0.2, 0.25) is 0 Å². The Hall–Kier alpha value is -1.38. The molecule has 1 aliphatic rings. The van der Waals surface area contributed by atoms with Crippen molar-refractivity contribution in [3.05, 3.63) is 23.5 Å². The van der Waals surface area contributed by atoms with Crippen molar-refractivity contribution in [3.8, 4) is 0 Å². The van der Waals surface area contributed by atoms with Crippen LogP contribution in [-0.2, 0) is 5.41 Å². The molecule has 0 spiro atoms. The minimum Gasteiger partial charge on any atom is -0.279 e. The third kappa shape index (κ3) is 1.51. The highest BCUT2D eigenvalue weighted by molar-refractivity contribution is 5.79. The number of aromatic amines is 1. The van der Waals surface area contributed by atoms with Gasteiger partial charge >= 0.3 is 0 Å². The fraction of sp³-hybridized carbons (Fsp3) is 0.538. The molecule has 3 nitrogen and oxygen atoms in total. The van der Waals surface area contributed by atoms with Gasteiger partial charge in [-0.3, -0.25) is 5.10 Å². The Bertz CT molecular complexity index is 530. The zero-order valence-corrected chi connectivity index (χ0v) is 10.0. The molecule has 0 atom stereocenters. The number of pyridine rings is 1. The van der Waals surface area contributed by atoms with Crippen LogP contribution in [0.5, 0.6) is 0 Å². The van der Waals surface area contributed by atoms with Crippen LogP contribution in [0.4, 0.5) is 0 Å². The van der Waals surface area contributed by atoms with Gasteiger partial charge in [0.1, 0.15) is 0 Å². The predicted molar refractivity (Wildman–Crippen MR) is 64.6 cm³/mol. The normalized spacial score (nSPS) is 16.9. The number of aromatic nitrogens is 3. The summed E-state index contributed by atoms with van der Waals surface area (Å²) in [7, 11) is 0. The molecule has 0 unspecified atom stereocenters. The molecule has 2 aromatic rings. The maximum atomic E-state index is 4.44. The molecule has 0 bridgehead atoms. The second-order valence-electron chi connectivity index (χ2n) is 5.76. The summed E-state index contributed by atoms with van der Waals surface area (Å²) in [5, 5.41) is 8.63. The Morgan fingerprint density at radius 3 is 2.69 bits per heavy atom. The minimum absolute atomic E-state index is 0.152. The van der Waals surface area contributed by atoms with E-state index in [1.165, 1.54) is 29.5 Å². The minimum atomic E-state index is 0.152. The Balaban J connectivity index is 2.17. The van der Waals surface area contributed by atoms with Gasteiger partial charge in [0.05, 0.1) is 0 Å². The van der Waals surface area contributed by atoms with Crippen LogP contribution in [0.15, 0.2) is 12.3 Å². The van der Waals surface area contributed by atoms with E-state index >= 15 is 0 Å². The predicted octanol–water partition coefficient (Wildman–Crippen LogP) is 3.13. The number of rotatable bonds is 1. The maximum Gasteiger partial charge on any atom is 0.181 e. The van der Waals surface area contributed by atoms with Crippen LogP contribution in [0.25, 0.3) is 11.0 Å². The Labute approximate surface area is 95.3 Å². The van der Waals surface area contributed by atoms with Crippen molar-refractivity contribution in [2.24, 2.45) is 0 Å². The van der Waals surface area contributed by atoms with Crippen molar-refractivity contribution >= 4 is 11.0 Å². The molecule has 0 aromatic carbocycles. The van der Waals surface area contributed by atoms with Gasteiger partial charge in [0, 0.05) is 23.2 Å². The third-order valence-corrected chi connectivity index (χ3v) is 3.29. The van der Waals surface area contributed by atoms with E-state index in [1.54, 1.807) is 0 Å². The topological polar surface area (TPSA) is 41.6 Å². The summed E-state index contributed by atoms with van der Waals surface area (Å²) in [6.07, 6.45) is 4.52. The Morgan fingerprint density at radius 1 is 1.31 bits per heavy atom. The number of H-pyrrole nitrogens is 1. The van der Waals surface area contributed by atoms with Crippen LogP contribution in [0.3, 0.4) is 0 Å². The molecule has 3 rings (SSSR count).